The number of ether oxygens (including phenoxy) is 2. The van der Waals surface area contributed by atoms with Crippen LogP contribution in [0.3, 0.4) is 0 Å². The quantitative estimate of drug-likeness (QED) is 0.876. The van der Waals surface area contributed by atoms with Crippen LogP contribution in [0.1, 0.15) is 26.2 Å². The summed E-state index contributed by atoms with van der Waals surface area (Å²) < 4.78 is 10.7. The first-order valence-electron chi connectivity index (χ1n) is 7.01. The van der Waals surface area contributed by atoms with Crippen molar-refractivity contribution in [3.63, 3.8) is 0 Å². The van der Waals surface area contributed by atoms with Gasteiger partial charge in [-0.25, -0.2) is 0 Å². The van der Waals surface area contributed by atoms with Gasteiger partial charge in [0.2, 0.25) is 5.91 Å². The van der Waals surface area contributed by atoms with Crippen LogP contribution in [-0.2, 0) is 4.79 Å². The van der Waals surface area contributed by atoms with Crippen LogP contribution in [0.4, 0.5) is 5.69 Å². The van der Waals surface area contributed by atoms with Gasteiger partial charge in [-0.15, -0.1) is 12.4 Å². The number of halogens is 1. The predicted molar refractivity (Wildman–Crippen MR) is 85.4 cm³/mol. The van der Waals surface area contributed by atoms with E-state index >= 15 is 0 Å². The molecule has 1 saturated carbocycles. The van der Waals surface area contributed by atoms with E-state index in [2.05, 4.69) is 5.32 Å². The van der Waals surface area contributed by atoms with Gasteiger partial charge < -0.3 is 20.5 Å². The predicted octanol–water partition coefficient (Wildman–Crippen LogP) is 2.58. The number of carbonyl (C=O) groups excluding carboxylic acids is 1. The SMILES string of the molecule is CCOc1ccc(OC)cc1NC(=O)C1CCC(N)C1.Cl. The summed E-state index contributed by atoms with van der Waals surface area (Å²) in [4.78, 5) is 12.3. The van der Waals surface area contributed by atoms with E-state index in [0.29, 0.717) is 23.8 Å². The van der Waals surface area contributed by atoms with Gasteiger partial charge in [0.1, 0.15) is 11.5 Å². The number of nitrogens with one attached hydrogen (secondary N) is 1. The highest BCUT2D eigenvalue weighted by Crippen LogP contribution is 2.31. The lowest BCUT2D eigenvalue weighted by Gasteiger charge is -2.15. The third-order valence-corrected chi connectivity index (χ3v) is 3.59. The molecule has 1 aliphatic carbocycles. The average molecular weight is 315 g/mol. The second kappa shape index (κ2) is 8.10. The van der Waals surface area contributed by atoms with Gasteiger partial charge in [0, 0.05) is 18.0 Å². The summed E-state index contributed by atoms with van der Waals surface area (Å²) in [7, 11) is 1.59. The van der Waals surface area contributed by atoms with Crippen LogP contribution < -0.4 is 20.5 Å². The smallest absolute Gasteiger partial charge is 0.227 e. The Hall–Kier alpha value is -1.46. The number of benzene rings is 1. The lowest BCUT2D eigenvalue weighted by molar-refractivity contribution is -0.119. The van der Waals surface area contributed by atoms with Crippen LogP contribution in [0.25, 0.3) is 0 Å². The third kappa shape index (κ3) is 4.51. The Bertz CT molecular complexity index is 482. The zero-order valence-electron chi connectivity index (χ0n) is 12.4. The molecular formula is C15H23ClN2O3. The van der Waals surface area contributed by atoms with E-state index in [4.69, 9.17) is 15.2 Å². The van der Waals surface area contributed by atoms with Crippen molar-refractivity contribution in [2.75, 3.05) is 19.0 Å². The normalized spacial score (nSPS) is 20.5. The monoisotopic (exact) mass is 314 g/mol. The second-order valence-corrected chi connectivity index (χ2v) is 5.05. The molecule has 1 aliphatic rings. The van der Waals surface area contributed by atoms with Gasteiger partial charge in [-0.1, -0.05) is 0 Å². The van der Waals surface area contributed by atoms with E-state index in [1.54, 1.807) is 19.2 Å². The summed E-state index contributed by atoms with van der Waals surface area (Å²) in [6.45, 7) is 2.45. The molecule has 0 saturated heterocycles. The van der Waals surface area contributed by atoms with Crippen molar-refractivity contribution in [2.24, 2.45) is 11.7 Å². The molecule has 2 unspecified atom stereocenters. The van der Waals surface area contributed by atoms with Crippen LogP contribution in [-0.4, -0.2) is 25.7 Å². The highest BCUT2D eigenvalue weighted by atomic mass is 35.5. The fourth-order valence-corrected chi connectivity index (χ4v) is 2.50. The topological polar surface area (TPSA) is 73.6 Å². The average Bonchev–Trinajstić information content (AvgIpc) is 2.87. The summed E-state index contributed by atoms with van der Waals surface area (Å²) in [5.74, 6) is 1.34. The van der Waals surface area contributed by atoms with Crippen molar-refractivity contribution >= 4 is 24.0 Å². The number of hydrogen-bond acceptors (Lipinski definition) is 4. The number of rotatable bonds is 5. The maximum absolute atomic E-state index is 12.3. The molecule has 0 bridgehead atoms. The first-order chi connectivity index (χ1) is 9.63. The Morgan fingerprint density at radius 3 is 2.76 bits per heavy atom. The number of methoxy groups -OCH3 is 1. The Morgan fingerprint density at radius 1 is 1.43 bits per heavy atom. The van der Waals surface area contributed by atoms with Crippen LogP contribution in [0, 0.1) is 5.92 Å². The largest absolute Gasteiger partial charge is 0.497 e. The van der Waals surface area contributed by atoms with Crippen molar-refractivity contribution in [1.29, 1.82) is 0 Å². The molecule has 0 aromatic heterocycles. The Morgan fingerprint density at radius 2 is 2.19 bits per heavy atom. The van der Waals surface area contributed by atoms with Gasteiger partial charge in [-0.05, 0) is 38.3 Å². The van der Waals surface area contributed by atoms with Gasteiger partial charge >= 0.3 is 0 Å². The van der Waals surface area contributed by atoms with E-state index in [1.165, 1.54) is 0 Å². The second-order valence-electron chi connectivity index (χ2n) is 5.05. The summed E-state index contributed by atoms with van der Waals surface area (Å²) >= 11 is 0. The number of nitrogens with two attached hydrogens (primary N) is 1. The van der Waals surface area contributed by atoms with E-state index in [-0.39, 0.29) is 30.3 Å². The van der Waals surface area contributed by atoms with Crippen LogP contribution in [0.15, 0.2) is 18.2 Å². The van der Waals surface area contributed by atoms with Crippen LogP contribution in [0.5, 0.6) is 11.5 Å². The van der Waals surface area contributed by atoms with Gasteiger partial charge in [-0.3, -0.25) is 4.79 Å². The Balaban J connectivity index is 0.00000220. The van der Waals surface area contributed by atoms with Gasteiger partial charge in [0.15, 0.2) is 0 Å². The van der Waals surface area contributed by atoms with Crippen molar-refractivity contribution in [1.82, 2.24) is 0 Å². The standard InChI is InChI=1S/C15H22N2O3.ClH/c1-3-20-14-7-6-12(19-2)9-13(14)17-15(18)10-4-5-11(16)8-10;/h6-7,9-11H,3-5,8,16H2,1-2H3,(H,17,18);1H. The number of hydrogen-bond donors (Lipinski definition) is 2. The molecule has 5 nitrogen and oxygen atoms in total. The highest BCUT2D eigenvalue weighted by Gasteiger charge is 2.28. The van der Waals surface area contributed by atoms with Gasteiger partial charge in [0.25, 0.3) is 0 Å². The minimum absolute atomic E-state index is 0. The Labute approximate surface area is 131 Å². The number of amides is 1. The molecule has 2 atom stereocenters. The van der Waals surface area contributed by atoms with E-state index in [0.717, 1.165) is 19.3 Å². The lowest BCUT2D eigenvalue weighted by Crippen LogP contribution is -2.23. The zero-order valence-corrected chi connectivity index (χ0v) is 13.2. The molecule has 0 spiro atoms. The van der Waals surface area contributed by atoms with Crippen LogP contribution >= 0.6 is 12.4 Å². The molecule has 0 aliphatic heterocycles. The van der Waals surface area contributed by atoms with E-state index in [1.807, 2.05) is 13.0 Å². The Kier molecular flexibility index (Phi) is 6.78. The number of anilines is 1. The summed E-state index contributed by atoms with van der Waals surface area (Å²) in [6.07, 6.45) is 2.51. The van der Waals surface area contributed by atoms with Crippen LogP contribution in [0.2, 0.25) is 0 Å². The van der Waals surface area contributed by atoms with Crippen molar-refractivity contribution < 1.29 is 14.3 Å². The number of carbonyl (C=O) groups is 1. The molecule has 1 amide bonds. The molecule has 2 rings (SSSR count). The minimum atomic E-state index is -0.00863. The third-order valence-electron chi connectivity index (χ3n) is 3.59. The molecule has 21 heavy (non-hydrogen) atoms. The molecule has 118 valence electrons. The van der Waals surface area contributed by atoms with Crippen molar-refractivity contribution in [3.8, 4) is 11.5 Å². The first-order valence-corrected chi connectivity index (χ1v) is 7.01. The maximum Gasteiger partial charge on any atom is 0.227 e. The van der Waals surface area contributed by atoms with Gasteiger partial charge in [0.05, 0.1) is 19.4 Å². The molecule has 0 radical (unpaired) electrons. The molecule has 1 aromatic rings. The minimum Gasteiger partial charge on any atom is -0.497 e. The van der Waals surface area contributed by atoms with Crippen molar-refractivity contribution in [2.45, 2.75) is 32.2 Å². The highest BCUT2D eigenvalue weighted by molar-refractivity contribution is 5.94. The van der Waals surface area contributed by atoms with Crippen molar-refractivity contribution in [3.05, 3.63) is 18.2 Å². The first kappa shape index (κ1) is 17.6. The molecule has 0 heterocycles. The fourth-order valence-electron chi connectivity index (χ4n) is 2.50. The summed E-state index contributed by atoms with van der Waals surface area (Å²) in [6, 6.07) is 5.53. The van der Waals surface area contributed by atoms with E-state index in [9.17, 15) is 4.79 Å². The summed E-state index contributed by atoms with van der Waals surface area (Å²) in [5, 5.41) is 2.93. The van der Waals surface area contributed by atoms with Gasteiger partial charge in [-0.2, -0.15) is 0 Å². The molecule has 1 aromatic carbocycles. The molecule has 1 fully saturated rings. The molecular weight excluding hydrogens is 292 g/mol. The molecule has 6 heteroatoms. The zero-order chi connectivity index (χ0) is 14.5. The van der Waals surface area contributed by atoms with E-state index < -0.39 is 0 Å². The lowest BCUT2D eigenvalue weighted by atomic mass is 10.1. The molecule has 3 N–H and O–H groups in total. The maximum atomic E-state index is 12.3. The fraction of sp³-hybridized carbons (Fsp3) is 0.533. The summed E-state index contributed by atoms with van der Waals surface area (Å²) in [5.41, 5.74) is 6.50.